The highest BCUT2D eigenvalue weighted by molar-refractivity contribution is 5.27. The lowest BCUT2D eigenvalue weighted by Crippen LogP contribution is -2.35. The van der Waals surface area contributed by atoms with Crippen molar-refractivity contribution in [1.82, 2.24) is 5.31 Å². The number of aliphatic hydroxyl groups excluding tert-OH is 1. The van der Waals surface area contributed by atoms with E-state index in [2.05, 4.69) is 5.11 Å². The Morgan fingerprint density at radius 2 is 2.11 bits per heavy atom. The van der Waals surface area contributed by atoms with E-state index < -0.39 is 6.10 Å². The molecule has 0 aliphatic carbocycles. The summed E-state index contributed by atoms with van der Waals surface area (Å²) in [5, 5.41) is 6.00. The molecule has 0 fully saturated rings. The fourth-order valence-corrected chi connectivity index (χ4v) is 1.54. The first-order valence-electron chi connectivity index (χ1n) is 7.50. The minimum Gasteiger partial charge on any atom is -0.491 e. The monoisotopic (exact) mass is 269 g/mol. The summed E-state index contributed by atoms with van der Waals surface area (Å²) in [4.78, 5) is 0. The van der Waals surface area contributed by atoms with Crippen LogP contribution in [0.5, 0.6) is 5.75 Å². The van der Waals surface area contributed by atoms with Crippen molar-refractivity contribution in [3.8, 4) is 5.75 Å². The zero-order valence-corrected chi connectivity index (χ0v) is 12.0. The summed E-state index contributed by atoms with van der Waals surface area (Å²) < 4.78 is 25.5. The molecule has 2 N–H and O–H groups in total. The maximum Gasteiger partial charge on any atom is 0.211 e. The first-order chi connectivity index (χ1) is 10.1. The normalized spacial score (nSPS) is 14.4. The Hall–Kier alpha value is -1.10. The number of rotatable bonds is 10. The molecule has 0 aliphatic rings. The lowest BCUT2D eigenvalue weighted by molar-refractivity contribution is 0.104. The van der Waals surface area contributed by atoms with Crippen LogP contribution in [-0.4, -0.2) is 45.6 Å². The van der Waals surface area contributed by atoms with Gasteiger partial charge in [0.15, 0.2) is 0 Å². The molecular weight excluding hydrogens is 242 g/mol. The lowest BCUT2D eigenvalue weighted by atomic mass is 10.1. The predicted molar refractivity (Wildman–Crippen MR) is 76.7 cm³/mol. The van der Waals surface area contributed by atoms with Gasteiger partial charge in [-0.3, -0.25) is 0 Å². The van der Waals surface area contributed by atoms with Gasteiger partial charge >= 0.3 is 0 Å². The Balaban J connectivity index is 2.41. The van der Waals surface area contributed by atoms with Crippen LogP contribution in [-0.2, 0) is 11.2 Å². The van der Waals surface area contributed by atoms with E-state index in [9.17, 15) is 0 Å². The van der Waals surface area contributed by atoms with Gasteiger partial charge in [0.05, 0.1) is 6.61 Å². The Labute approximate surface area is 118 Å². The van der Waals surface area contributed by atoms with E-state index in [1.54, 1.807) is 7.11 Å². The van der Waals surface area contributed by atoms with Crippen LogP contribution in [0, 0.1) is 0 Å². The van der Waals surface area contributed by atoms with E-state index in [-0.39, 0.29) is 12.6 Å². The molecule has 0 bridgehead atoms. The molecule has 1 aromatic carbocycles. The molecular formula is C15H25NO3. The Morgan fingerprint density at radius 1 is 1.37 bits per heavy atom. The summed E-state index contributed by atoms with van der Waals surface area (Å²) in [6.07, 6.45) is 0.426. The molecule has 0 radical (unpaired) electrons. The molecule has 4 heteroatoms. The molecule has 4 nitrogen and oxygen atoms in total. The highest BCUT2D eigenvalue weighted by Crippen LogP contribution is 2.12. The van der Waals surface area contributed by atoms with E-state index in [0.29, 0.717) is 13.2 Å². The smallest absolute Gasteiger partial charge is 0.211 e. The zero-order chi connectivity index (χ0) is 15.7. The van der Waals surface area contributed by atoms with Crippen molar-refractivity contribution in [3.05, 3.63) is 29.8 Å². The summed E-state index contributed by atoms with van der Waals surface area (Å²) in [5.74, 6) is 0.735. The maximum atomic E-state index is 7.74. The second-order valence-corrected chi connectivity index (χ2v) is 4.78. The largest absolute Gasteiger partial charge is 0.491 e. The fraction of sp³-hybridized carbons (Fsp3) is 0.600. The molecule has 1 unspecified atom stereocenters. The molecule has 19 heavy (non-hydrogen) atoms. The van der Waals surface area contributed by atoms with Crippen LogP contribution in [0.2, 0.25) is 1.41 Å². The molecule has 1 aromatic rings. The number of hydrogen-bond acceptors (Lipinski definition) is 4. The van der Waals surface area contributed by atoms with E-state index in [0.717, 1.165) is 12.2 Å². The molecule has 0 heterocycles. The van der Waals surface area contributed by atoms with Crippen molar-refractivity contribution in [2.24, 2.45) is 0 Å². The van der Waals surface area contributed by atoms with Crippen LogP contribution in [0.15, 0.2) is 24.3 Å². The summed E-state index contributed by atoms with van der Waals surface area (Å²) >= 11 is 0. The van der Waals surface area contributed by atoms with Crippen LogP contribution in [0.1, 0.15) is 19.4 Å². The van der Waals surface area contributed by atoms with Gasteiger partial charge in [-0.05, 0) is 24.1 Å². The number of aliphatic hydroxyl groups is 1. The first-order valence-corrected chi connectivity index (χ1v) is 6.65. The molecule has 0 aromatic heterocycles. The van der Waals surface area contributed by atoms with Crippen LogP contribution in [0.4, 0.5) is 0 Å². The van der Waals surface area contributed by atoms with Gasteiger partial charge in [-0.1, -0.05) is 26.0 Å². The van der Waals surface area contributed by atoms with Crippen molar-refractivity contribution >= 4 is 0 Å². The van der Waals surface area contributed by atoms with Gasteiger partial charge in [-0.2, -0.15) is 0 Å². The Kier molecular flexibility index (Phi) is 6.05. The summed E-state index contributed by atoms with van der Waals surface area (Å²) in [5.41, 5.74) is 1.19. The van der Waals surface area contributed by atoms with Crippen molar-refractivity contribution in [2.75, 3.05) is 26.9 Å². The third kappa shape index (κ3) is 7.15. The van der Waals surface area contributed by atoms with E-state index in [4.69, 9.17) is 12.3 Å². The molecule has 108 valence electrons. The number of ether oxygens (including phenoxy) is 2. The van der Waals surface area contributed by atoms with Gasteiger partial charge in [-0.15, -0.1) is 0 Å². The lowest BCUT2D eigenvalue weighted by Gasteiger charge is -2.15. The van der Waals surface area contributed by atoms with Crippen LogP contribution in [0.25, 0.3) is 0 Å². The van der Waals surface area contributed by atoms with Crippen LogP contribution >= 0.6 is 0 Å². The van der Waals surface area contributed by atoms with Gasteiger partial charge in [0.25, 0.3) is 0 Å². The summed E-state index contributed by atoms with van der Waals surface area (Å²) in [6, 6.07) is 7.87. The van der Waals surface area contributed by atoms with E-state index >= 15 is 0 Å². The molecule has 0 saturated heterocycles. The topological polar surface area (TPSA) is 50.7 Å². The Bertz CT molecular complexity index is 387. The quantitative estimate of drug-likeness (QED) is 0.677. The minimum absolute atomic E-state index is 0.0859. The maximum absolute atomic E-state index is 7.74. The molecule has 0 amide bonds. The van der Waals surface area contributed by atoms with Crippen molar-refractivity contribution in [3.63, 3.8) is 0 Å². The SMILES string of the molecule is [2H]OC(COc1ccc(CCOC)cc1)CN([2H])C(C)C. The number of hydrogen-bond donors (Lipinski definition) is 2. The third-order valence-electron chi connectivity index (χ3n) is 2.63. The van der Waals surface area contributed by atoms with Crippen LogP contribution in [0.3, 0.4) is 0 Å². The van der Waals surface area contributed by atoms with Crippen molar-refractivity contribution in [1.29, 1.82) is 1.43 Å². The Morgan fingerprint density at radius 3 is 2.68 bits per heavy atom. The first kappa shape index (κ1) is 12.9. The molecule has 0 aliphatic heterocycles. The second kappa shape index (κ2) is 8.91. The molecule has 1 rings (SSSR count). The summed E-state index contributed by atoms with van der Waals surface area (Å²) in [6.45, 7) is 5.14. The van der Waals surface area contributed by atoms with E-state index in [1.807, 2.05) is 38.1 Å². The van der Waals surface area contributed by atoms with Crippen molar-refractivity contribution in [2.45, 2.75) is 32.4 Å². The third-order valence-corrected chi connectivity index (χ3v) is 2.63. The molecule has 0 spiro atoms. The second-order valence-electron chi connectivity index (χ2n) is 4.78. The average molecular weight is 269 g/mol. The van der Waals surface area contributed by atoms with Crippen LogP contribution < -0.4 is 10.0 Å². The highest BCUT2D eigenvalue weighted by atomic mass is 16.5. The van der Waals surface area contributed by atoms with Gasteiger partial charge in [-0.25, -0.2) is 0 Å². The highest BCUT2D eigenvalue weighted by Gasteiger charge is 2.05. The average Bonchev–Trinajstić information content (AvgIpc) is 2.50. The molecule has 1 atom stereocenters. The van der Waals surface area contributed by atoms with E-state index in [1.165, 1.54) is 10.9 Å². The van der Waals surface area contributed by atoms with Gasteiger partial charge in [0.1, 0.15) is 19.9 Å². The van der Waals surface area contributed by atoms with Gasteiger partial charge < -0.3 is 19.9 Å². The number of benzene rings is 1. The standard InChI is InChI=1S/C15H25NO3/c1-12(2)16-10-14(17)11-19-15-6-4-13(5-7-15)8-9-18-3/h4-7,12,14,16-17H,8-11H2,1-3H3/i17D/hD. The zero-order valence-electron chi connectivity index (χ0n) is 14.0. The number of methoxy groups -OCH3 is 1. The molecule has 0 saturated carbocycles. The fourth-order valence-electron chi connectivity index (χ4n) is 1.54. The predicted octanol–water partition coefficient (Wildman–Crippen LogP) is 1.61. The van der Waals surface area contributed by atoms with Crippen molar-refractivity contribution < 1.29 is 16.0 Å². The van der Waals surface area contributed by atoms with Gasteiger partial charge in [0, 0.05) is 19.7 Å². The number of nitrogens with one attached hydrogen (secondary N) is 1. The summed E-state index contributed by atoms with van der Waals surface area (Å²) in [7, 11) is 1.69. The van der Waals surface area contributed by atoms with Gasteiger partial charge in [0.2, 0.25) is 1.43 Å². The minimum atomic E-state index is -0.446.